The molecule has 0 bridgehead atoms. The number of hydrogen-bond donors (Lipinski definition) is 1. The molecule has 1 aromatic heterocycles. The lowest BCUT2D eigenvalue weighted by Gasteiger charge is -2.27. The average Bonchev–Trinajstić information content (AvgIpc) is 3.34. The van der Waals surface area contributed by atoms with Crippen molar-refractivity contribution in [1.82, 2.24) is 20.0 Å². The van der Waals surface area contributed by atoms with Gasteiger partial charge in [0, 0.05) is 26.7 Å². The van der Waals surface area contributed by atoms with Crippen molar-refractivity contribution in [2.75, 3.05) is 52.9 Å². The number of carbonyl (C=O) groups excluding carboxylic acids is 1. The Hall–Kier alpha value is -2.02. The summed E-state index contributed by atoms with van der Waals surface area (Å²) in [5, 5.41) is 3.32. The number of guanidine groups is 1. The minimum atomic E-state index is 0.121. The molecule has 1 atom stereocenters. The van der Waals surface area contributed by atoms with Crippen molar-refractivity contribution < 1.29 is 9.21 Å². The molecule has 1 unspecified atom stereocenters. The quantitative estimate of drug-likeness (QED) is 0.518. The fourth-order valence-corrected chi connectivity index (χ4v) is 3.67. The van der Waals surface area contributed by atoms with Gasteiger partial charge >= 0.3 is 0 Å². The molecule has 0 aliphatic carbocycles. The third-order valence-electron chi connectivity index (χ3n) is 5.27. The first-order valence-electron chi connectivity index (χ1n) is 10.6. The van der Waals surface area contributed by atoms with E-state index in [0.29, 0.717) is 13.1 Å². The number of furan rings is 1. The summed E-state index contributed by atoms with van der Waals surface area (Å²) >= 11 is 0. The fraction of sp³-hybridized carbons (Fsp3) is 0.714. The Bertz CT molecular complexity index is 632. The zero-order valence-corrected chi connectivity index (χ0v) is 18.2. The fourth-order valence-electron chi connectivity index (χ4n) is 3.67. The maximum absolute atomic E-state index is 12.5. The Morgan fingerprint density at radius 2 is 1.93 bits per heavy atom. The van der Waals surface area contributed by atoms with Crippen molar-refractivity contribution in [2.45, 2.75) is 46.6 Å². The molecule has 2 heterocycles. The summed E-state index contributed by atoms with van der Waals surface area (Å²) in [5.41, 5.74) is 0. The second-order valence-electron chi connectivity index (χ2n) is 7.32. The minimum absolute atomic E-state index is 0.121. The van der Waals surface area contributed by atoms with E-state index in [2.05, 4.69) is 16.3 Å². The molecule has 1 N–H and O–H groups in total. The standard InChI is InChI=1S/C21H37N5O2/c1-6-22-21(24(5)16-20(27)25(7-2)8-3)23-15-18(26-13-9-10-14-26)19-12-11-17(4)28-19/h11-12,18H,6-10,13-16H2,1-5H3,(H,22,23). The van der Waals surface area contributed by atoms with Crippen LogP contribution in [0.2, 0.25) is 0 Å². The van der Waals surface area contributed by atoms with Crippen molar-refractivity contribution in [3.05, 3.63) is 23.7 Å². The van der Waals surface area contributed by atoms with Crippen LogP contribution in [0, 0.1) is 6.92 Å². The third kappa shape index (κ3) is 5.99. The second kappa shape index (κ2) is 11.1. The number of likely N-dealkylation sites (N-methyl/N-ethyl adjacent to an activating group) is 2. The minimum Gasteiger partial charge on any atom is -0.465 e. The van der Waals surface area contributed by atoms with Crippen LogP contribution in [0.15, 0.2) is 21.5 Å². The van der Waals surface area contributed by atoms with Crippen LogP contribution in [0.5, 0.6) is 0 Å². The van der Waals surface area contributed by atoms with Crippen molar-refractivity contribution in [3.8, 4) is 0 Å². The Balaban J connectivity index is 2.12. The van der Waals surface area contributed by atoms with E-state index >= 15 is 0 Å². The molecule has 158 valence electrons. The highest BCUT2D eigenvalue weighted by Gasteiger charge is 2.26. The predicted molar refractivity (Wildman–Crippen MR) is 114 cm³/mol. The van der Waals surface area contributed by atoms with E-state index in [1.54, 1.807) is 0 Å². The highest BCUT2D eigenvalue weighted by atomic mass is 16.3. The Labute approximate surface area is 169 Å². The van der Waals surface area contributed by atoms with Crippen LogP contribution in [-0.2, 0) is 4.79 Å². The van der Waals surface area contributed by atoms with E-state index in [1.165, 1.54) is 12.8 Å². The number of hydrogen-bond acceptors (Lipinski definition) is 4. The molecule has 0 saturated carbocycles. The van der Waals surface area contributed by atoms with Gasteiger partial charge in [-0.3, -0.25) is 14.7 Å². The Morgan fingerprint density at radius 1 is 1.25 bits per heavy atom. The van der Waals surface area contributed by atoms with Crippen LogP contribution in [0.1, 0.15) is 51.2 Å². The lowest BCUT2D eigenvalue weighted by Crippen LogP contribution is -2.46. The van der Waals surface area contributed by atoms with Gasteiger partial charge in [-0.2, -0.15) is 0 Å². The highest BCUT2D eigenvalue weighted by molar-refractivity contribution is 5.86. The summed E-state index contributed by atoms with van der Waals surface area (Å²) < 4.78 is 5.93. The first-order valence-corrected chi connectivity index (χ1v) is 10.6. The topological polar surface area (TPSA) is 64.3 Å². The van der Waals surface area contributed by atoms with Crippen LogP contribution in [0.3, 0.4) is 0 Å². The molecule has 1 aliphatic rings. The first kappa shape index (κ1) is 22.3. The van der Waals surface area contributed by atoms with Gasteiger partial charge in [0.15, 0.2) is 5.96 Å². The summed E-state index contributed by atoms with van der Waals surface area (Å²) in [6, 6.07) is 4.22. The van der Waals surface area contributed by atoms with Crippen molar-refractivity contribution in [3.63, 3.8) is 0 Å². The van der Waals surface area contributed by atoms with E-state index in [4.69, 9.17) is 9.41 Å². The molecule has 0 spiro atoms. The molecule has 7 nitrogen and oxygen atoms in total. The van der Waals surface area contributed by atoms with E-state index in [0.717, 1.165) is 50.2 Å². The summed E-state index contributed by atoms with van der Waals surface area (Å²) in [6.07, 6.45) is 2.44. The number of nitrogens with zero attached hydrogens (tertiary/aromatic N) is 4. The average molecular weight is 392 g/mol. The molecular weight excluding hydrogens is 354 g/mol. The third-order valence-corrected chi connectivity index (χ3v) is 5.27. The monoisotopic (exact) mass is 391 g/mol. The van der Waals surface area contributed by atoms with E-state index in [9.17, 15) is 4.79 Å². The van der Waals surface area contributed by atoms with Gasteiger partial charge < -0.3 is 19.5 Å². The van der Waals surface area contributed by atoms with Crippen molar-refractivity contribution in [1.29, 1.82) is 0 Å². The molecule has 1 aliphatic heterocycles. The lowest BCUT2D eigenvalue weighted by atomic mass is 10.2. The normalized spacial score (nSPS) is 16.2. The number of aliphatic imine (C=N–C) groups is 1. The van der Waals surface area contributed by atoms with E-state index < -0.39 is 0 Å². The summed E-state index contributed by atoms with van der Waals surface area (Å²) in [7, 11) is 1.92. The molecular formula is C21H37N5O2. The van der Waals surface area contributed by atoms with Crippen LogP contribution in [0.4, 0.5) is 0 Å². The number of nitrogens with one attached hydrogen (secondary N) is 1. The smallest absolute Gasteiger partial charge is 0.242 e. The number of amides is 1. The number of rotatable bonds is 9. The van der Waals surface area contributed by atoms with Gasteiger partial charge in [-0.1, -0.05) is 0 Å². The van der Waals surface area contributed by atoms with Gasteiger partial charge in [0.05, 0.1) is 19.1 Å². The Morgan fingerprint density at radius 3 is 2.46 bits per heavy atom. The van der Waals surface area contributed by atoms with Crippen LogP contribution >= 0.6 is 0 Å². The molecule has 1 aromatic rings. The Kier molecular flexibility index (Phi) is 8.83. The van der Waals surface area contributed by atoms with Gasteiger partial charge in [0.25, 0.3) is 0 Å². The largest absolute Gasteiger partial charge is 0.465 e. The molecule has 7 heteroatoms. The molecule has 1 fully saturated rings. The highest BCUT2D eigenvalue weighted by Crippen LogP contribution is 2.27. The summed E-state index contributed by atoms with van der Waals surface area (Å²) in [4.78, 5) is 23.6. The maximum atomic E-state index is 12.5. The van der Waals surface area contributed by atoms with Gasteiger partial charge in [-0.15, -0.1) is 0 Å². The zero-order valence-electron chi connectivity index (χ0n) is 18.2. The first-order chi connectivity index (χ1) is 13.5. The van der Waals surface area contributed by atoms with Crippen LogP contribution < -0.4 is 5.32 Å². The molecule has 28 heavy (non-hydrogen) atoms. The van der Waals surface area contributed by atoms with Gasteiger partial charge in [0.2, 0.25) is 5.91 Å². The second-order valence-corrected chi connectivity index (χ2v) is 7.32. The number of aryl methyl sites for hydroxylation is 1. The molecule has 0 radical (unpaired) electrons. The number of carbonyl (C=O) groups is 1. The molecule has 2 rings (SSSR count). The van der Waals surface area contributed by atoms with E-state index in [-0.39, 0.29) is 11.9 Å². The van der Waals surface area contributed by atoms with Gasteiger partial charge in [0.1, 0.15) is 11.5 Å². The van der Waals surface area contributed by atoms with Gasteiger partial charge in [-0.05, 0) is 65.8 Å². The van der Waals surface area contributed by atoms with Crippen molar-refractivity contribution >= 4 is 11.9 Å². The molecule has 0 aromatic carbocycles. The molecule has 1 saturated heterocycles. The lowest BCUT2D eigenvalue weighted by molar-refractivity contribution is -0.131. The summed E-state index contributed by atoms with van der Waals surface area (Å²) in [6.45, 7) is 13.3. The zero-order chi connectivity index (χ0) is 20.5. The van der Waals surface area contributed by atoms with Crippen molar-refractivity contribution in [2.24, 2.45) is 4.99 Å². The maximum Gasteiger partial charge on any atom is 0.242 e. The van der Waals surface area contributed by atoms with E-state index in [1.807, 2.05) is 50.6 Å². The predicted octanol–water partition coefficient (Wildman–Crippen LogP) is 2.49. The molecule has 1 amide bonds. The SMILES string of the molecule is CCNC(=NCC(c1ccc(C)o1)N1CCCC1)N(C)CC(=O)N(CC)CC. The van der Waals surface area contributed by atoms with Gasteiger partial charge in [-0.25, -0.2) is 0 Å². The number of likely N-dealkylation sites (tertiary alicyclic amines) is 1. The van der Waals surface area contributed by atoms with Crippen LogP contribution in [0.25, 0.3) is 0 Å². The van der Waals surface area contributed by atoms with Crippen LogP contribution in [-0.4, -0.2) is 79.4 Å². The summed E-state index contributed by atoms with van der Waals surface area (Å²) in [5.74, 6) is 2.78.